The number of nitrogens with zero attached hydrogens (tertiary/aromatic N) is 6. The number of ether oxygens (including phenoxy) is 4. The van der Waals surface area contributed by atoms with Crippen molar-refractivity contribution < 1.29 is 36.6 Å². The summed E-state index contributed by atoms with van der Waals surface area (Å²) in [7, 11) is 0. The van der Waals surface area contributed by atoms with Crippen LogP contribution in [0.2, 0.25) is 0 Å². The molecular weight excluding hydrogens is 944 g/mol. The summed E-state index contributed by atoms with van der Waals surface area (Å²) >= 11 is -0.873. The van der Waals surface area contributed by atoms with Crippen molar-refractivity contribution in [3.05, 3.63) is 179 Å². The Kier molecular flexibility index (Phi) is 5.85. The Morgan fingerprint density at radius 1 is 0.393 bits per heavy atom. The van der Waals surface area contributed by atoms with Gasteiger partial charge < -0.3 is 0 Å². The van der Waals surface area contributed by atoms with Crippen molar-refractivity contribution in [3.8, 4) is 11.4 Å². The molecule has 61 heavy (non-hydrogen) atoms. The van der Waals surface area contributed by atoms with Crippen molar-refractivity contribution in [1.29, 1.82) is 0 Å². The van der Waals surface area contributed by atoms with Gasteiger partial charge in [-0.3, -0.25) is 0 Å². The third-order valence-electron chi connectivity index (χ3n) is 13.8. The van der Waals surface area contributed by atoms with Crippen molar-refractivity contribution in [3.63, 3.8) is 0 Å². The van der Waals surface area contributed by atoms with Gasteiger partial charge in [-0.05, 0) is 0 Å². The summed E-state index contributed by atoms with van der Waals surface area (Å²) in [6.45, 7) is 2.02. The molecule has 0 spiro atoms. The van der Waals surface area contributed by atoms with Gasteiger partial charge in [-0.1, -0.05) is 0 Å². The standard InChI is InChI=1S/C50H32N6O4.Pt/c1-5-13-39-35(9-1)36-10-2-6-14-40(36)55(39)33-19-29-17-30(20-33)44-24-58-48-50-54(28-52(44)48)46(26-60-50)32-18-31(45-25-59-49-47-51(27-53(45)49)43(29)23-57-47)21-34(22-32)56-41-15-7-3-11-37(41)38-12-4-8-16-42(38)56;/h1-16,19-22,43-46H,23-26H2;/q-2;. The number of hydrogen-bond donors (Lipinski definition) is 0. The van der Waals surface area contributed by atoms with Gasteiger partial charge in [0.05, 0.1) is 0 Å². The van der Waals surface area contributed by atoms with Crippen LogP contribution in [0.3, 0.4) is 0 Å². The van der Waals surface area contributed by atoms with Crippen LogP contribution >= 0.6 is 0 Å². The Balaban J connectivity index is 0.951. The van der Waals surface area contributed by atoms with Crippen LogP contribution in [-0.2, 0) is 36.6 Å². The molecule has 0 saturated carbocycles. The number of benzene rings is 6. The molecule has 4 fully saturated rings. The second kappa shape index (κ2) is 11.1. The van der Waals surface area contributed by atoms with E-state index < -0.39 is 17.6 Å². The number of aromatic nitrogens is 2. The molecule has 6 bridgehead atoms. The van der Waals surface area contributed by atoms with E-state index in [1.807, 2.05) is 0 Å². The average molecular weight is 976 g/mol. The number of rotatable bonds is 2. The number of fused-ring (bicyclic) bond motifs is 14. The zero-order valence-corrected chi connectivity index (χ0v) is 34.6. The van der Waals surface area contributed by atoms with Crippen LogP contribution in [0.4, 0.5) is 0 Å². The Hall–Kier alpha value is -6.77. The van der Waals surface area contributed by atoms with E-state index in [1.165, 1.54) is 51.9 Å². The van der Waals surface area contributed by atoms with Gasteiger partial charge in [0, 0.05) is 0 Å². The van der Waals surface area contributed by atoms with E-state index in [1.54, 1.807) is 0 Å². The molecule has 16 rings (SSSR count). The summed E-state index contributed by atoms with van der Waals surface area (Å²) in [4.78, 5) is 9.81. The third kappa shape index (κ3) is 3.90. The van der Waals surface area contributed by atoms with Gasteiger partial charge in [-0.15, -0.1) is 0 Å². The van der Waals surface area contributed by atoms with Crippen LogP contribution in [0.1, 0.15) is 46.4 Å². The van der Waals surface area contributed by atoms with Crippen LogP contribution in [0, 0.1) is 12.1 Å². The van der Waals surface area contributed by atoms with E-state index in [-0.39, 0.29) is 24.2 Å². The van der Waals surface area contributed by atoms with E-state index in [2.05, 4.69) is 162 Å². The molecule has 8 aliphatic heterocycles. The summed E-state index contributed by atoms with van der Waals surface area (Å²) in [6.07, 6.45) is 0. The van der Waals surface area contributed by atoms with Crippen molar-refractivity contribution >= 4 is 51.9 Å². The molecule has 0 aliphatic carbocycles. The molecule has 0 radical (unpaired) electrons. The van der Waals surface area contributed by atoms with Crippen molar-refractivity contribution in [2.45, 2.75) is 24.2 Å². The summed E-state index contributed by atoms with van der Waals surface area (Å²) < 4.78 is 34.5. The van der Waals surface area contributed by atoms with E-state index >= 15 is 0 Å². The minimum absolute atomic E-state index is 0.0982. The quantitative estimate of drug-likeness (QED) is 0.161. The minimum atomic E-state index is -0.873. The Labute approximate surface area is 356 Å². The molecule has 11 heteroatoms. The molecule has 6 aromatic carbocycles. The van der Waals surface area contributed by atoms with E-state index in [0.29, 0.717) is 26.4 Å². The van der Waals surface area contributed by atoms with Crippen LogP contribution in [0.5, 0.6) is 0 Å². The van der Waals surface area contributed by atoms with Crippen molar-refractivity contribution in [2.75, 3.05) is 26.4 Å². The second-order valence-corrected chi connectivity index (χ2v) is 19.4. The maximum absolute atomic E-state index is 6.80. The first kappa shape index (κ1) is 32.1. The summed E-state index contributed by atoms with van der Waals surface area (Å²) in [5.74, 6) is 3.20. The molecule has 0 N–H and O–H groups in total. The van der Waals surface area contributed by atoms with Gasteiger partial charge in [0.2, 0.25) is 0 Å². The SMILES string of the molecule is [c-]1c2cc(-n3c4ccccc4c4ccccc43)cc1C1COC3=C4OCC5c6[c-]c(cc(-n7c8ccccc8c8ccccc87)c6)C6COC7=C8OCC2N8[C](=[Pt]=[C](N31)N45)N76. The van der Waals surface area contributed by atoms with Crippen LogP contribution in [0.15, 0.2) is 145 Å². The molecule has 4 atom stereocenters. The molecule has 4 saturated heterocycles. The second-order valence-electron chi connectivity index (χ2n) is 16.8. The third-order valence-corrected chi connectivity index (χ3v) is 17.0. The maximum atomic E-state index is 6.80. The van der Waals surface area contributed by atoms with Crippen molar-refractivity contribution in [2.24, 2.45) is 0 Å². The van der Waals surface area contributed by atoms with E-state index in [4.69, 9.17) is 18.9 Å². The molecule has 2 aromatic heterocycles. The van der Waals surface area contributed by atoms with Crippen LogP contribution < -0.4 is 0 Å². The van der Waals surface area contributed by atoms with Crippen LogP contribution in [-0.4, -0.2) is 63.5 Å². The zero-order chi connectivity index (χ0) is 39.2. The Bertz CT molecular complexity index is 3090. The number of para-hydroxylation sites is 4. The van der Waals surface area contributed by atoms with Gasteiger partial charge in [0.25, 0.3) is 0 Å². The Morgan fingerprint density at radius 2 is 0.672 bits per heavy atom. The first-order valence-corrected chi connectivity index (χ1v) is 23.1. The molecule has 8 aliphatic rings. The van der Waals surface area contributed by atoms with Gasteiger partial charge in [0.15, 0.2) is 0 Å². The first-order valence-electron chi connectivity index (χ1n) is 20.9. The van der Waals surface area contributed by atoms with E-state index in [0.717, 1.165) is 57.2 Å². The fourth-order valence-electron chi connectivity index (χ4n) is 11.2. The first-order chi connectivity index (χ1) is 30.2. The van der Waals surface area contributed by atoms with Gasteiger partial charge in [0.1, 0.15) is 0 Å². The summed E-state index contributed by atoms with van der Waals surface area (Å²) in [5, 5.41) is 4.95. The molecule has 10 nitrogen and oxygen atoms in total. The molecule has 8 aromatic rings. The van der Waals surface area contributed by atoms with Gasteiger partial charge in [-0.2, -0.15) is 0 Å². The van der Waals surface area contributed by atoms with Crippen molar-refractivity contribution in [1.82, 2.24) is 28.7 Å². The predicted molar refractivity (Wildman–Crippen MR) is 225 cm³/mol. The summed E-state index contributed by atoms with van der Waals surface area (Å²) in [6, 6.07) is 51.8. The normalized spacial score (nSPS) is 23.7. The number of hydrogen-bond acceptors (Lipinski definition) is 8. The van der Waals surface area contributed by atoms with Crippen LogP contribution in [0.25, 0.3) is 55.0 Å². The fraction of sp³-hybridized carbons (Fsp3) is 0.160. The van der Waals surface area contributed by atoms with Gasteiger partial charge >= 0.3 is 358 Å². The topological polar surface area (TPSA) is 59.7 Å². The zero-order valence-electron chi connectivity index (χ0n) is 32.3. The summed E-state index contributed by atoms with van der Waals surface area (Å²) in [5.41, 5.74) is 11.3. The molecule has 0 amide bonds. The van der Waals surface area contributed by atoms with E-state index in [9.17, 15) is 0 Å². The average Bonchev–Trinajstić information content (AvgIpc) is 4.17. The van der Waals surface area contributed by atoms with Gasteiger partial charge in [-0.25, -0.2) is 0 Å². The molecular formula is C50H32N6O4Pt-2. The predicted octanol–water partition coefficient (Wildman–Crippen LogP) is 8.24. The Morgan fingerprint density at radius 3 is 0.967 bits per heavy atom. The monoisotopic (exact) mass is 975 g/mol. The molecule has 10 heterocycles. The fourth-order valence-corrected chi connectivity index (χ4v) is 15.0. The molecule has 298 valence electrons. The molecule has 4 unspecified atom stereocenters.